The van der Waals surface area contributed by atoms with E-state index in [9.17, 15) is 4.79 Å². The van der Waals surface area contributed by atoms with E-state index in [1.807, 2.05) is 22.6 Å². The second-order valence-electron chi connectivity index (χ2n) is 1.86. The molecule has 1 aromatic carbocycles. The van der Waals surface area contributed by atoms with Gasteiger partial charge in [0.25, 0.3) is 0 Å². The summed E-state index contributed by atoms with van der Waals surface area (Å²) in [6.07, 6.45) is 0. The van der Waals surface area contributed by atoms with Crippen LogP contribution < -0.4 is 0 Å². The standard InChI is InChI=1S/C7H5IO3/c8-6-4-2-1-3-5(6)7(9)11-10/h1-4,10H. The van der Waals surface area contributed by atoms with Crippen molar-refractivity contribution in [1.82, 2.24) is 0 Å². The van der Waals surface area contributed by atoms with Crippen LogP contribution in [0.3, 0.4) is 0 Å². The van der Waals surface area contributed by atoms with Gasteiger partial charge in [-0.3, -0.25) is 4.89 Å². The Morgan fingerprint density at radius 2 is 2.09 bits per heavy atom. The number of rotatable bonds is 1. The van der Waals surface area contributed by atoms with Crippen LogP contribution in [0.5, 0.6) is 0 Å². The molecule has 58 valence electrons. The number of carbonyl (C=O) groups is 1. The number of hydrogen-bond donors (Lipinski definition) is 1. The molecule has 3 nitrogen and oxygen atoms in total. The third-order valence-corrected chi connectivity index (χ3v) is 2.12. The molecule has 0 aliphatic heterocycles. The van der Waals surface area contributed by atoms with Crippen LogP contribution in [0, 0.1) is 3.57 Å². The van der Waals surface area contributed by atoms with Crippen molar-refractivity contribution in [2.75, 3.05) is 0 Å². The number of halogens is 1. The minimum absolute atomic E-state index is 0.371. The lowest BCUT2D eigenvalue weighted by Crippen LogP contribution is -2.03. The molecule has 0 unspecified atom stereocenters. The molecule has 0 aliphatic rings. The van der Waals surface area contributed by atoms with Gasteiger partial charge >= 0.3 is 5.97 Å². The van der Waals surface area contributed by atoms with E-state index in [0.29, 0.717) is 5.56 Å². The van der Waals surface area contributed by atoms with Crippen LogP contribution in [0.4, 0.5) is 0 Å². The Bertz CT molecular complexity index is 272. The van der Waals surface area contributed by atoms with Crippen molar-refractivity contribution in [3.8, 4) is 0 Å². The quantitative estimate of drug-likeness (QED) is 0.479. The van der Waals surface area contributed by atoms with E-state index in [4.69, 9.17) is 5.26 Å². The minimum atomic E-state index is -0.727. The van der Waals surface area contributed by atoms with Crippen molar-refractivity contribution in [1.29, 1.82) is 0 Å². The molecule has 0 aromatic heterocycles. The fourth-order valence-electron chi connectivity index (χ4n) is 0.676. The predicted octanol–water partition coefficient (Wildman–Crippen LogP) is 1.92. The molecule has 0 fully saturated rings. The molecular weight excluding hydrogens is 259 g/mol. The van der Waals surface area contributed by atoms with Crippen LogP contribution in [0.25, 0.3) is 0 Å². The largest absolute Gasteiger partial charge is 0.373 e. The molecule has 0 saturated heterocycles. The average Bonchev–Trinajstić information content (AvgIpc) is 2.04. The molecule has 1 N–H and O–H groups in total. The topological polar surface area (TPSA) is 46.5 Å². The highest BCUT2D eigenvalue weighted by Gasteiger charge is 2.08. The van der Waals surface area contributed by atoms with Gasteiger partial charge in [0.15, 0.2) is 0 Å². The van der Waals surface area contributed by atoms with Crippen molar-refractivity contribution in [3.63, 3.8) is 0 Å². The molecular formula is C7H5IO3. The van der Waals surface area contributed by atoms with Gasteiger partial charge in [-0.05, 0) is 34.7 Å². The smallest absolute Gasteiger partial charge is 0.295 e. The monoisotopic (exact) mass is 264 g/mol. The van der Waals surface area contributed by atoms with E-state index in [2.05, 4.69) is 4.89 Å². The van der Waals surface area contributed by atoms with Gasteiger partial charge < -0.3 is 0 Å². The maximum Gasteiger partial charge on any atom is 0.373 e. The maximum atomic E-state index is 10.8. The molecule has 1 rings (SSSR count). The first-order chi connectivity index (χ1) is 5.25. The van der Waals surface area contributed by atoms with Gasteiger partial charge in [0, 0.05) is 3.57 Å². The van der Waals surface area contributed by atoms with Gasteiger partial charge in [0.05, 0.1) is 5.56 Å². The zero-order valence-electron chi connectivity index (χ0n) is 5.45. The van der Waals surface area contributed by atoms with Gasteiger partial charge in [0.1, 0.15) is 0 Å². The molecule has 0 saturated carbocycles. The van der Waals surface area contributed by atoms with Crippen molar-refractivity contribution in [3.05, 3.63) is 33.4 Å². The van der Waals surface area contributed by atoms with Crippen molar-refractivity contribution >= 4 is 28.6 Å². The Labute approximate surface area is 77.1 Å². The van der Waals surface area contributed by atoms with Gasteiger partial charge in [-0.25, -0.2) is 4.79 Å². The van der Waals surface area contributed by atoms with Gasteiger partial charge in [-0.1, -0.05) is 12.1 Å². The fourth-order valence-corrected chi connectivity index (χ4v) is 1.28. The molecule has 0 radical (unpaired) electrons. The summed E-state index contributed by atoms with van der Waals surface area (Å²) in [5.74, 6) is -0.727. The molecule has 0 amide bonds. The summed E-state index contributed by atoms with van der Waals surface area (Å²) < 4.78 is 0.754. The summed E-state index contributed by atoms with van der Waals surface area (Å²) in [4.78, 5) is 14.3. The lowest BCUT2D eigenvalue weighted by atomic mass is 10.2. The summed E-state index contributed by atoms with van der Waals surface area (Å²) in [6.45, 7) is 0. The number of carbonyl (C=O) groups excluding carboxylic acids is 1. The van der Waals surface area contributed by atoms with Crippen molar-refractivity contribution < 1.29 is 14.9 Å². The van der Waals surface area contributed by atoms with Gasteiger partial charge in [-0.2, -0.15) is 5.26 Å². The third kappa shape index (κ3) is 1.90. The van der Waals surface area contributed by atoms with E-state index in [-0.39, 0.29) is 0 Å². The van der Waals surface area contributed by atoms with Crippen molar-refractivity contribution in [2.45, 2.75) is 0 Å². The highest BCUT2D eigenvalue weighted by atomic mass is 127. The van der Waals surface area contributed by atoms with E-state index >= 15 is 0 Å². The summed E-state index contributed by atoms with van der Waals surface area (Å²) in [6, 6.07) is 6.84. The molecule has 1 aromatic rings. The first kappa shape index (κ1) is 8.48. The van der Waals surface area contributed by atoms with Crippen LogP contribution in [0.1, 0.15) is 10.4 Å². The van der Waals surface area contributed by atoms with Crippen LogP contribution in [-0.2, 0) is 4.89 Å². The zero-order valence-corrected chi connectivity index (χ0v) is 7.61. The highest BCUT2D eigenvalue weighted by molar-refractivity contribution is 14.1. The normalized spacial score (nSPS) is 9.27. The van der Waals surface area contributed by atoms with Gasteiger partial charge in [-0.15, -0.1) is 0 Å². The Balaban J connectivity index is 3.03. The molecule has 0 atom stereocenters. The lowest BCUT2D eigenvalue weighted by molar-refractivity contribution is -0.182. The SMILES string of the molecule is O=C(OO)c1ccccc1I. The van der Waals surface area contributed by atoms with E-state index in [0.717, 1.165) is 3.57 Å². The second kappa shape index (κ2) is 3.68. The molecule has 0 heterocycles. The van der Waals surface area contributed by atoms with E-state index in [1.54, 1.807) is 24.3 Å². The maximum absolute atomic E-state index is 10.8. The second-order valence-corrected chi connectivity index (χ2v) is 3.02. The summed E-state index contributed by atoms with van der Waals surface area (Å²) in [5, 5.41) is 8.06. The molecule has 0 spiro atoms. The molecule has 0 aliphatic carbocycles. The van der Waals surface area contributed by atoms with Crippen LogP contribution >= 0.6 is 22.6 Å². The fraction of sp³-hybridized carbons (Fsp3) is 0. The third-order valence-electron chi connectivity index (χ3n) is 1.18. The molecule has 11 heavy (non-hydrogen) atoms. The van der Waals surface area contributed by atoms with E-state index in [1.165, 1.54) is 0 Å². The van der Waals surface area contributed by atoms with Crippen LogP contribution in [-0.4, -0.2) is 11.2 Å². The van der Waals surface area contributed by atoms with Gasteiger partial charge in [0.2, 0.25) is 0 Å². The Morgan fingerprint density at radius 3 is 2.64 bits per heavy atom. The number of benzene rings is 1. The minimum Gasteiger partial charge on any atom is -0.295 e. The lowest BCUT2D eigenvalue weighted by Gasteiger charge is -1.97. The molecule has 4 heteroatoms. The zero-order chi connectivity index (χ0) is 8.27. The molecule has 0 bridgehead atoms. The Hall–Kier alpha value is -0.620. The predicted molar refractivity (Wildman–Crippen MR) is 47.2 cm³/mol. The first-order valence-corrected chi connectivity index (χ1v) is 3.94. The highest BCUT2D eigenvalue weighted by Crippen LogP contribution is 2.11. The Morgan fingerprint density at radius 1 is 1.45 bits per heavy atom. The summed E-state index contributed by atoms with van der Waals surface area (Å²) in [7, 11) is 0. The Kier molecular flexibility index (Phi) is 2.84. The summed E-state index contributed by atoms with van der Waals surface area (Å²) >= 11 is 1.99. The van der Waals surface area contributed by atoms with E-state index < -0.39 is 5.97 Å². The number of hydrogen-bond acceptors (Lipinski definition) is 3. The van der Waals surface area contributed by atoms with Crippen molar-refractivity contribution in [2.24, 2.45) is 0 Å². The van der Waals surface area contributed by atoms with Crippen LogP contribution in [0.15, 0.2) is 24.3 Å². The summed E-state index contributed by atoms with van der Waals surface area (Å²) in [5.41, 5.74) is 0.371. The van der Waals surface area contributed by atoms with Crippen LogP contribution in [0.2, 0.25) is 0 Å². The average molecular weight is 264 g/mol. The first-order valence-electron chi connectivity index (χ1n) is 2.86.